The van der Waals surface area contributed by atoms with Crippen LogP contribution < -0.4 is 0 Å². The number of morpholine rings is 1. The Hall–Kier alpha value is -0.950. The summed E-state index contributed by atoms with van der Waals surface area (Å²) < 4.78 is 9.09. The number of benzene rings is 1. The first kappa shape index (κ1) is 14.6. The SMILES string of the molecule is CN1C[C@H]2OCCN(CCn3cc4c(Br)cccc4n3)[C@H]2C1. The van der Waals surface area contributed by atoms with Crippen molar-refractivity contribution in [1.29, 1.82) is 0 Å². The highest BCUT2D eigenvalue weighted by Gasteiger charge is 2.38. The molecule has 1 aromatic heterocycles. The Morgan fingerprint density at radius 2 is 2.23 bits per heavy atom. The normalized spacial score (nSPS) is 26.6. The largest absolute Gasteiger partial charge is 0.374 e. The van der Waals surface area contributed by atoms with Crippen molar-refractivity contribution in [3.05, 3.63) is 28.9 Å². The fraction of sp³-hybridized carbons (Fsp3) is 0.562. The maximum atomic E-state index is 5.91. The van der Waals surface area contributed by atoms with Crippen LogP contribution in [0.5, 0.6) is 0 Å². The minimum atomic E-state index is 0.379. The van der Waals surface area contributed by atoms with Gasteiger partial charge >= 0.3 is 0 Å². The number of hydrogen-bond acceptors (Lipinski definition) is 4. The average molecular weight is 365 g/mol. The molecular formula is C16H21BrN4O. The molecule has 2 aliphatic rings. The molecule has 0 unspecified atom stereocenters. The molecule has 4 rings (SSSR count). The van der Waals surface area contributed by atoms with Gasteiger partial charge in [-0.3, -0.25) is 9.58 Å². The molecular weight excluding hydrogens is 344 g/mol. The first-order valence-corrected chi connectivity index (χ1v) is 8.66. The third-order valence-corrected chi connectivity index (χ3v) is 5.45. The molecule has 2 aromatic rings. The van der Waals surface area contributed by atoms with Gasteiger partial charge < -0.3 is 9.64 Å². The van der Waals surface area contributed by atoms with E-state index in [1.165, 1.54) is 5.39 Å². The molecule has 2 saturated heterocycles. The van der Waals surface area contributed by atoms with Crippen molar-refractivity contribution in [3.8, 4) is 0 Å². The number of aromatic nitrogens is 2. The molecule has 22 heavy (non-hydrogen) atoms. The summed E-state index contributed by atoms with van der Waals surface area (Å²) in [7, 11) is 2.18. The van der Waals surface area contributed by atoms with Gasteiger partial charge in [0.1, 0.15) is 0 Å². The Labute approximate surface area is 138 Å². The van der Waals surface area contributed by atoms with Crippen molar-refractivity contribution >= 4 is 26.8 Å². The zero-order valence-electron chi connectivity index (χ0n) is 12.8. The molecule has 118 valence electrons. The summed E-state index contributed by atoms with van der Waals surface area (Å²) in [5.74, 6) is 0. The Morgan fingerprint density at radius 3 is 3.09 bits per heavy atom. The summed E-state index contributed by atoms with van der Waals surface area (Å²) in [6, 6.07) is 6.70. The number of likely N-dealkylation sites (tertiary alicyclic amines) is 1. The number of rotatable bonds is 3. The van der Waals surface area contributed by atoms with Crippen LogP contribution in [0.25, 0.3) is 10.9 Å². The summed E-state index contributed by atoms with van der Waals surface area (Å²) >= 11 is 3.60. The van der Waals surface area contributed by atoms with Crippen LogP contribution in [0.1, 0.15) is 0 Å². The van der Waals surface area contributed by atoms with Crippen LogP contribution in [0.3, 0.4) is 0 Å². The lowest BCUT2D eigenvalue weighted by Crippen LogP contribution is -2.51. The smallest absolute Gasteiger partial charge is 0.0934 e. The van der Waals surface area contributed by atoms with Gasteiger partial charge in [-0.2, -0.15) is 5.10 Å². The zero-order valence-corrected chi connectivity index (χ0v) is 14.4. The molecule has 2 fully saturated rings. The van der Waals surface area contributed by atoms with Gasteiger partial charge in [0.2, 0.25) is 0 Å². The van der Waals surface area contributed by atoms with Gasteiger partial charge in [0.15, 0.2) is 0 Å². The van der Waals surface area contributed by atoms with Gasteiger partial charge in [-0.15, -0.1) is 0 Å². The van der Waals surface area contributed by atoms with Crippen LogP contribution in [0.4, 0.5) is 0 Å². The minimum Gasteiger partial charge on any atom is -0.374 e. The summed E-state index contributed by atoms with van der Waals surface area (Å²) in [6.07, 6.45) is 2.52. The molecule has 0 saturated carbocycles. The highest BCUT2D eigenvalue weighted by molar-refractivity contribution is 9.10. The number of ether oxygens (including phenoxy) is 1. The third kappa shape index (κ3) is 2.69. The predicted octanol–water partition coefficient (Wildman–Crippen LogP) is 1.81. The molecule has 0 radical (unpaired) electrons. The van der Waals surface area contributed by atoms with Crippen molar-refractivity contribution in [1.82, 2.24) is 19.6 Å². The van der Waals surface area contributed by atoms with Gasteiger partial charge in [0.25, 0.3) is 0 Å². The quantitative estimate of drug-likeness (QED) is 0.831. The van der Waals surface area contributed by atoms with E-state index in [0.29, 0.717) is 12.1 Å². The number of fused-ring (bicyclic) bond motifs is 2. The Balaban J connectivity index is 1.46. The second-order valence-electron chi connectivity index (χ2n) is 6.30. The van der Waals surface area contributed by atoms with Crippen LogP contribution in [-0.4, -0.2) is 71.6 Å². The van der Waals surface area contributed by atoms with E-state index in [1.807, 2.05) is 6.07 Å². The van der Waals surface area contributed by atoms with Crippen molar-refractivity contribution in [2.75, 3.05) is 39.8 Å². The van der Waals surface area contributed by atoms with Gasteiger partial charge in [-0.1, -0.05) is 22.0 Å². The van der Waals surface area contributed by atoms with Crippen molar-refractivity contribution in [2.45, 2.75) is 18.7 Å². The molecule has 3 heterocycles. The highest BCUT2D eigenvalue weighted by atomic mass is 79.9. The molecule has 0 spiro atoms. The van der Waals surface area contributed by atoms with Gasteiger partial charge in [-0.25, -0.2) is 0 Å². The lowest BCUT2D eigenvalue weighted by atomic mass is 10.1. The molecule has 0 amide bonds. The van der Waals surface area contributed by atoms with Crippen LogP contribution in [0, 0.1) is 0 Å². The van der Waals surface area contributed by atoms with Crippen molar-refractivity contribution in [2.24, 2.45) is 0 Å². The Bertz CT molecular complexity index is 673. The summed E-state index contributed by atoms with van der Waals surface area (Å²) in [4.78, 5) is 4.94. The highest BCUT2D eigenvalue weighted by Crippen LogP contribution is 2.24. The summed E-state index contributed by atoms with van der Waals surface area (Å²) in [6.45, 7) is 6.00. The summed E-state index contributed by atoms with van der Waals surface area (Å²) in [5, 5.41) is 5.86. The standard InChI is InChI=1S/C16H21BrN4O/c1-19-10-15-16(11-19)22-8-7-20(15)5-6-21-9-12-13(17)3-2-4-14(12)18-21/h2-4,9,15-16H,5-8,10-11H2,1H3/t15-,16+/m0/s1. The molecule has 0 N–H and O–H groups in total. The fourth-order valence-electron chi connectivity index (χ4n) is 3.62. The van der Waals surface area contributed by atoms with Gasteiger partial charge in [0.05, 0.1) is 24.8 Å². The van der Waals surface area contributed by atoms with Crippen LogP contribution in [0.2, 0.25) is 0 Å². The van der Waals surface area contributed by atoms with Crippen LogP contribution in [-0.2, 0) is 11.3 Å². The van der Waals surface area contributed by atoms with E-state index in [1.54, 1.807) is 0 Å². The lowest BCUT2D eigenvalue weighted by Gasteiger charge is -2.36. The number of nitrogens with zero attached hydrogens (tertiary/aromatic N) is 4. The Morgan fingerprint density at radius 1 is 1.32 bits per heavy atom. The second kappa shape index (κ2) is 5.92. The molecule has 0 aliphatic carbocycles. The molecule has 6 heteroatoms. The van der Waals surface area contributed by atoms with E-state index in [-0.39, 0.29) is 0 Å². The number of halogens is 1. The van der Waals surface area contributed by atoms with Gasteiger partial charge in [0, 0.05) is 48.3 Å². The molecule has 2 atom stereocenters. The van der Waals surface area contributed by atoms with E-state index in [2.05, 4.69) is 60.9 Å². The molecule has 2 aliphatic heterocycles. The van der Waals surface area contributed by atoms with Gasteiger partial charge in [-0.05, 0) is 19.2 Å². The number of hydrogen-bond donors (Lipinski definition) is 0. The van der Waals surface area contributed by atoms with E-state index in [4.69, 9.17) is 4.74 Å². The predicted molar refractivity (Wildman–Crippen MR) is 90.0 cm³/mol. The third-order valence-electron chi connectivity index (χ3n) is 4.76. The monoisotopic (exact) mass is 364 g/mol. The fourth-order valence-corrected chi connectivity index (χ4v) is 4.08. The Kier molecular flexibility index (Phi) is 3.94. The maximum absolute atomic E-state index is 5.91. The zero-order chi connectivity index (χ0) is 15.1. The second-order valence-corrected chi connectivity index (χ2v) is 7.15. The van der Waals surface area contributed by atoms with Crippen molar-refractivity contribution in [3.63, 3.8) is 0 Å². The van der Waals surface area contributed by atoms with Crippen LogP contribution >= 0.6 is 15.9 Å². The van der Waals surface area contributed by atoms with E-state index in [0.717, 1.165) is 49.3 Å². The number of likely N-dealkylation sites (N-methyl/N-ethyl adjacent to an activating group) is 1. The first-order valence-electron chi connectivity index (χ1n) is 7.86. The maximum Gasteiger partial charge on any atom is 0.0934 e. The molecule has 0 bridgehead atoms. The van der Waals surface area contributed by atoms with Crippen molar-refractivity contribution < 1.29 is 4.74 Å². The lowest BCUT2D eigenvalue weighted by molar-refractivity contribution is -0.0481. The van der Waals surface area contributed by atoms with E-state index >= 15 is 0 Å². The minimum absolute atomic E-state index is 0.379. The van der Waals surface area contributed by atoms with E-state index < -0.39 is 0 Å². The van der Waals surface area contributed by atoms with E-state index in [9.17, 15) is 0 Å². The first-order chi connectivity index (χ1) is 10.7. The molecule has 1 aromatic carbocycles. The average Bonchev–Trinajstić information content (AvgIpc) is 3.08. The summed E-state index contributed by atoms with van der Waals surface area (Å²) in [5.41, 5.74) is 1.05. The van der Waals surface area contributed by atoms with Crippen LogP contribution in [0.15, 0.2) is 28.9 Å². The topological polar surface area (TPSA) is 33.5 Å². The molecule has 5 nitrogen and oxygen atoms in total.